The van der Waals surface area contributed by atoms with Gasteiger partial charge in [-0.1, -0.05) is 15.9 Å². The summed E-state index contributed by atoms with van der Waals surface area (Å²) < 4.78 is 6.00. The summed E-state index contributed by atoms with van der Waals surface area (Å²) in [5.74, 6) is 0.425. The Morgan fingerprint density at radius 2 is 2.14 bits per heavy atom. The van der Waals surface area contributed by atoms with Gasteiger partial charge < -0.3 is 15.4 Å². The fourth-order valence-electron chi connectivity index (χ4n) is 2.43. The van der Waals surface area contributed by atoms with E-state index in [9.17, 15) is 9.59 Å². The van der Waals surface area contributed by atoms with Crippen LogP contribution in [0.25, 0.3) is 0 Å². The summed E-state index contributed by atoms with van der Waals surface area (Å²) in [6.07, 6.45) is 1.22. The quantitative estimate of drug-likeness (QED) is 0.782. The van der Waals surface area contributed by atoms with E-state index in [4.69, 9.17) is 10.5 Å². The summed E-state index contributed by atoms with van der Waals surface area (Å²) in [6, 6.07) is 5.33. The highest BCUT2D eigenvalue weighted by molar-refractivity contribution is 9.10. The van der Waals surface area contributed by atoms with Gasteiger partial charge in [0, 0.05) is 36.4 Å². The molecule has 0 radical (unpaired) electrons. The number of benzene rings is 1. The van der Waals surface area contributed by atoms with Gasteiger partial charge in [-0.3, -0.25) is 9.59 Å². The Balaban J connectivity index is 0.00000242. The van der Waals surface area contributed by atoms with Crippen LogP contribution in [0.15, 0.2) is 22.7 Å². The topological polar surface area (TPSA) is 72.6 Å². The van der Waals surface area contributed by atoms with Gasteiger partial charge in [-0.25, -0.2) is 0 Å². The molecule has 1 amide bonds. The van der Waals surface area contributed by atoms with Crippen LogP contribution in [-0.4, -0.2) is 42.8 Å². The largest absolute Gasteiger partial charge is 0.496 e. The predicted octanol–water partition coefficient (Wildman–Crippen LogP) is 2.40. The van der Waals surface area contributed by atoms with Crippen LogP contribution in [0.1, 0.15) is 29.6 Å². The molecule has 1 atom stereocenters. The van der Waals surface area contributed by atoms with Crippen molar-refractivity contribution < 1.29 is 14.3 Å². The molecule has 22 heavy (non-hydrogen) atoms. The fourth-order valence-corrected chi connectivity index (χ4v) is 2.79. The molecule has 1 aliphatic heterocycles. The zero-order valence-electron chi connectivity index (χ0n) is 12.4. The molecule has 7 heteroatoms. The Morgan fingerprint density at radius 3 is 2.73 bits per heavy atom. The Bertz CT molecular complexity index is 554. The maximum Gasteiger partial charge on any atom is 0.223 e. The summed E-state index contributed by atoms with van der Waals surface area (Å²) >= 11 is 3.34. The van der Waals surface area contributed by atoms with Gasteiger partial charge in [0.2, 0.25) is 5.91 Å². The standard InChI is InChI=1S/C15H19BrN2O3.ClH/c1-21-14-4-2-10(16)8-12(14)13(19)3-5-15(20)18-7-6-11(17)9-18;/h2,4,8,11H,3,5-7,9,17H2,1H3;1H/t11-;/m1./s1. The highest BCUT2D eigenvalue weighted by atomic mass is 79.9. The minimum Gasteiger partial charge on any atom is -0.496 e. The maximum atomic E-state index is 12.3. The highest BCUT2D eigenvalue weighted by Gasteiger charge is 2.24. The normalized spacial score (nSPS) is 17.0. The lowest BCUT2D eigenvalue weighted by Gasteiger charge is -2.15. The molecular weight excluding hydrogens is 372 g/mol. The summed E-state index contributed by atoms with van der Waals surface area (Å²) in [5, 5.41) is 0. The number of hydrogen-bond acceptors (Lipinski definition) is 4. The average Bonchev–Trinajstić information content (AvgIpc) is 2.91. The second-order valence-electron chi connectivity index (χ2n) is 5.16. The van der Waals surface area contributed by atoms with Crippen molar-refractivity contribution in [3.8, 4) is 5.75 Å². The number of carbonyl (C=O) groups is 2. The number of Topliss-reactive ketones (excluding diaryl/α,β-unsaturated/α-hetero) is 1. The molecule has 0 aromatic heterocycles. The van der Waals surface area contributed by atoms with E-state index in [1.807, 2.05) is 6.07 Å². The van der Waals surface area contributed by atoms with E-state index in [-0.39, 0.29) is 43.0 Å². The minimum absolute atomic E-state index is 0. The van der Waals surface area contributed by atoms with E-state index in [1.54, 1.807) is 17.0 Å². The van der Waals surface area contributed by atoms with Crippen molar-refractivity contribution >= 4 is 40.0 Å². The third kappa shape index (κ3) is 4.69. The molecule has 1 fully saturated rings. The average molecular weight is 392 g/mol. The van der Waals surface area contributed by atoms with Crippen LogP contribution >= 0.6 is 28.3 Å². The lowest BCUT2D eigenvalue weighted by molar-refractivity contribution is -0.130. The SMILES string of the molecule is COc1ccc(Br)cc1C(=O)CCC(=O)N1CC[C@@H](N)C1.Cl. The van der Waals surface area contributed by atoms with Crippen molar-refractivity contribution in [1.82, 2.24) is 4.90 Å². The molecule has 2 N–H and O–H groups in total. The number of hydrogen-bond donors (Lipinski definition) is 1. The van der Waals surface area contributed by atoms with Crippen molar-refractivity contribution in [1.29, 1.82) is 0 Å². The number of amides is 1. The first-order valence-corrected chi connectivity index (χ1v) is 7.70. The van der Waals surface area contributed by atoms with Gasteiger partial charge in [0.1, 0.15) is 5.75 Å². The fraction of sp³-hybridized carbons (Fsp3) is 0.467. The minimum atomic E-state index is -0.0926. The summed E-state index contributed by atoms with van der Waals surface area (Å²) in [6.45, 7) is 1.28. The molecule has 1 aliphatic rings. The van der Waals surface area contributed by atoms with Crippen molar-refractivity contribution in [2.75, 3.05) is 20.2 Å². The van der Waals surface area contributed by atoms with E-state index in [0.717, 1.165) is 10.9 Å². The predicted molar refractivity (Wildman–Crippen MR) is 90.7 cm³/mol. The van der Waals surface area contributed by atoms with Gasteiger partial charge in [-0.15, -0.1) is 12.4 Å². The molecule has 0 spiro atoms. The lowest BCUT2D eigenvalue weighted by atomic mass is 10.1. The van der Waals surface area contributed by atoms with E-state index >= 15 is 0 Å². The van der Waals surface area contributed by atoms with Gasteiger partial charge in [0.05, 0.1) is 12.7 Å². The van der Waals surface area contributed by atoms with E-state index < -0.39 is 0 Å². The molecule has 0 unspecified atom stereocenters. The molecule has 122 valence electrons. The number of rotatable bonds is 5. The van der Waals surface area contributed by atoms with Crippen LogP contribution in [0, 0.1) is 0 Å². The van der Waals surface area contributed by atoms with E-state index in [2.05, 4.69) is 15.9 Å². The molecule has 1 aromatic carbocycles. The Morgan fingerprint density at radius 1 is 1.41 bits per heavy atom. The number of ketones is 1. The van der Waals surface area contributed by atoms with Gasteiger partial charge in [0.15, 0.2) is 5.78 Å². The maximum absolute atomic E-state index is 12.3. The number of carbonyl (C=O) groups excluding carboxylic acids is 2. The first-order chi connectivity index (χ1) is 10.0. The van der Waals surface area contributed by atoms with Gasteiger partial charge in [-0.05, 0) is 24.6 Å². The van der Waals surface area contributed by atoms with Crippen LogP contribution in [0.3, 0.4) is 0 Å². The smallest absolute Gasteiger partial charge is 0.223 e. The number of nitrogens with zero attached hydrogens (tertiary/aromatic N) is 1. The van der Waals surface area contributed by atoms with E-state index in [1.165, 1.54) is 7.11 Å². The summed E-state index contributed by atoms with van der Waals surface area (Å²) in [4.78, 5) is 26.0. The molecular formula is C15H20BrClN2O3. The van der Waals surface area contributed by atoms with Gasteiger partial charge in [0.25, 0.3) is 0 Å². The van der Waals surface area contributed by atoms with Crippen LogP contribution in [-0.2, 0) is 4.79 Å². The Labute approximate surface area is 144 Å². The number of nitrogens with two attached hydrogens (primary N) is 1. The number of halogens is 2. The van der Waals surface area contributed by atoms with Crippen molar-refractivity contribution in [2.24, 2.45) is 5.73 Å². The Hall–Kier alpha value is -1.11. The first kappa shape index (κ1) is 18.9. The summed E-state index contributed by atoms with van der Waals surface area (Å²) in [5.41, 5.74) is 6.28. The molecule has 1 aromatic rings. The number of methoxy groups -OCH3 is 1. The van der Waals surface area contributed by atoms with Crippen LogP contribution in [0.4, 0.5) is 0 Å². The zero-order chi connectivity index (χ0) is 15.4. The monoisotopic (exact) mass is 390 g/mol. The first-order valence-electron chi connectivity index (χ1n) is 6.91. The van der Waals surface area contributed by atoms with Crippen molar-refractivity contribution in [3.05, 3.63) is 28.2 Å². The molecule has 1 heterocycles. The molecule has 1 saturated heterocycles. The molecule has 0 bridgehead atoms. The highest BCUT2D eigenvalue weighted by Crippen LogP contribution is 2.24. The summed E-state index contributed by atoms with van der Waals surface area (Å²) in [7, 11) is 1.52. The second-order valence-corrected chi connectivity index (χ2v) is 6.07. The lowest BCUT2D eigenvalue weighted by Crippen LogP contribution is -2.32. The number of ether oxygens (including phenoxy) is 1. The third-order valence-electron chi connectivity index (χ3n) is 3.61. The van der Waals surface area contributed by atoms with Crippen LogP contribution in [0.2, 0.25) is 0 Å². The zero-order valence-corrected chi connectivity index (χ0v) is 14.8. The van der Waals surface area contributed by atoms with Gasteiger partial charge >= 0.3 is 0 Å². The second kappa shape index (κ2) is 8.50. The number of likely N-dealkylation sites (tertiary alicyclic amines) is 1. The van der Waals surface area contributed by atoms with E-state index in [0.29, 0.717) is 24.4 Å². The Kier molecular flexibility index (Phi) is 7.32. The third-order valence-corrected chi connectivity index (χ3v) is 4.10. The molecule has 2 rings (SSSR count). The van der Waals surface area contributed by atoms with Crippen molar-refractivity contribution in [2.45, 2.75) is 25.3 Å². The van der Waals surface area contributed by atoms with Crippen LogP contribution in [0.5, 0.6) is 5.75 Å². The molecule has 0 saturated carbocycles. The van der Waals surface area contributed by atoms with Crippen molar-refractivity contribution in [3.63, 3.8) is 0 Å². The molecule has 0 aliphatic carbocycles. The van der Waals surface area contributed by atoms with Crippen LogP contribution < -0.4 is 10.5 Å². The van der Waals surface area contributed by atoms with Gasteiger partial charge in [-0.2, -0.15) is 0 Å². The molecule has 5 nitrogen and oxygen atoms in total.